The Morgan fingerprint density at radius 2 is 1.93 bits per heavy atom. The van der Waals surface area contributed by atoms with E-state index in [4.69, 9.17) is 4.98 Å². The third-order valence-corrected chi connectivity index (χ3v) is 7.00. The van der Waals surface area contributed by atoms with Crippen LogP contribution in [0.5, 0.6) is 0 Å². The van der Waals surface area contributed by atoms with E-state index in [0.29, 0.717) is 18.9 Å². The smallest absolute Gasteiger partial charge is 0.275 e. The van der Waals surface area contributed by atoms with Crippen LogP contribution in [0.25, 0.3) is 10.2 Å². The molecule has 0 aliphatic carbocycles. The van der Waals surface area contributed by atoms with E-state index in [1.807, 2.05) is 42.5 Å². The lowest BCUT2D eigenvalue weighted by Gasteiger charge is -2.28. The van der Waals surface area contributed by atoms with Gasteiger partial charge in [-0.1, -0.05) is 42.5 Å². The first-order valence-electron chi connectivity index (χ1n) is 10.6. The molecule has 30 heavy (non-hydrogen) atoms. The molecule has 6 heteroatoms. The van der Waals surface area contributed by atoms with Gasteiger partial charge in [-0.3, -0.25) is 9.59 Å². The molecule has 1 unspecified atom stereocenters. The Kier molecular flexibility index (Phi) is 6.55. The molecule has 1 saturated heterocycles. The number of benzene rings is 2. The molecule has 0 saturated carbocycles. The summed E-state index contributed by atoms with van der Waals surface area (Å²) in [6.07, 6.45) is 2.74. The molecule has 156 valence electrons. The first-order chi connectivity index (χ1) is 14.6. The summed E-state index contributed by atoms with van der Waals surface area (Å²) in [6, 6.07) is 17.6. The summed E-state index contributed by atoms with van der Waals surface area (Å²) >= 11 is 1.77. The topological polar surface area (TPSA) is 63.5 Å². The van der Waals surface area contributed by atoms with E-state index < -0.39 is 6.04 Å². The van der Waals surface area contributed by atoms with Crippen molar-refractivity contribution in [1.29, 1.82) is 0 Å². The van der Waals surface area contributed by atoms with Crippen LogP contribution in [-0.2, 0) is 16.0 Å². The average molecular weight is 423 g/mol. The monoisotopic (exact) mass is 422 g/mol. The molecular weight excluding hydrogens is 394 g/mol. The van der Waals surface area contributed by atoms with E-state index in [1.54, 1.807) is 18.3 Å². The largest absolute Gasteiger partial charge is 0.341 e. The number of Topliss-reactive ketones (excluding diaryl/α,β-unsaturated/α-hetero) is 1. The molecule has 5 nitrogen and oxygen atoms in total. The fraction of sp³-hybridized carbons (Fsp3) is 0.375. The highest BCUT2D eigenvalue weighted by Crippen LogP contribution is 2.30. The van der Waals surface area contributed by atoms with Gasteiger partial charge >= 0.3 is 0 Å². The van der Waals surface area contributed by atoms with Crippen LogP contribution in [0.4, 0.5) is 0 Å². The van der Waals surface area contributed by atoms with E-state index >= 15 is 0 Å². The predicted molar refractivity (Wildman–Crippen MR) is 120 cm³/mol. The lowest BCUT2D eigenvalue weighted by molar-refractivity contribution is -0.898. The van der Waals surface area contributed by atoms with E-state index in [-0.39, 0.29) is 11.7 Å². The lowest BCUT2D eigenvalue weighted by atomic mass is 9.98. The number of carbonyl (C=O) groups is 2. The van der Waals surface area contributed by atoms with Crippen LogP contribution in [-0.4, -0.2) is 42.4 Å². The standard InChI is InChI=1S/C24H27N3O2S/c1-17(28)21(14-18-8-3-2-4-9-18)25-23(29)16-27-13-7-10-19(15-27)24-26-20-11-5-6-12-22(20)30-24/h2-6,8-9,11-12,19,21H,7,10,13-16H2,1H3,(H,25,29)/p+1/t19-,21+/m0/s1. The van der Waals surface area contributed by atoms with Gasteiger partial charge in [-0.15, -0.1) is 11.3 Å². The van der Waals surface area contributed by atoms with Crippen molar-refractivity contribution < 1.29 is 14.5 Å². The van der Waals surface area contributed by atoms with Crippen LogP contribution in [0.3, 0.4) is 0 Å². The highest BCUT2D eigenvalue weighted by molar-refractivity contribution is 7.18. The van der Waals surface area contributed by atoms with Gasteiger partial charge in [-0.2, -0.15) is 0 Å². The van der Waals surface area contributed by atoms with Crippen LogP contribution >= 0.6 is 11.3 Å². The fourth-order valence-electron chi connectivity index (χ4n) is 4.21. The van der Waals surface area contributed by atoms with Crippen LogP contribution in [0.2, 0.25) is 0 Å². The van der Waals surface area contributed by atoms with E-state index in [2.05, 4.69) is 17.4 Å². The SMILES string of the molecule is CC(=O)[C@@H](Cc1ccccc1)NC(=O)C[NH+]1CCC[C@H](c2nc3ccccc3s2)C1. The van der Waals surface area contributed by atoms with Gasteiger partial charge in [-0.25, -0.2) is 4.98 Å². The number of nitrogens with zero attached hydrogens (tertiary/aromatic N) is 1. The molecule has 1 fully saturated rings. The summed E-state index contributed by atoms with van der Waals surface area (Å²) in [5.41, 5.74) is 2.12. The second-order valence-electron chi connectivity index (χ2n) is 8.16. The molecule has 0 radical (unpaired) electrons. The number of quaternary nitrogens is 1. The number of hydrogen-bond donors (Lipinski definition) is 2. The Balaban J connectivity index is 1.35. The fourth-order valence-corrected chi connectivity index (χ4v) is 5.31. The molecule has 2 aromatic carbocycles. The van der Waals surface area contributed by atoms with Crippen molar-refractivity contribution in [2.24, 2.45) is 0 Å². The number of hydrogen-bond acceptors (Lipinski definition) is 4. The second-order valence-corrected chi connectivity index (χ2v) is 9.22. The first-order valence-corrected chi connectivity index (χ1v) is 11.4. The second kappa shape index (κ2) is 9.49. The zero-order chi connectivity index (χ0) is 20.9. The Bertz CT molecular complexity index is 984. The number of rotatable bonds is 7. The molecule has 1 aliphatic rings. The summed E-state index contributed by atoms with van der Waals surface area (Å²) in [5.74, 6) is 0.339. The van der Waals surface area contributed by atoms with Crippen molar-refractivity contribution in [2.45, 2.75) is 38.1 Å². The van der Waals surface area contributed by atoms with Gasteiger partial charge in [0.25, 0.3) is 5.91 Å². The third kappa shape index (κ3) is 5.12. The van der Waals surface area contributed by atoms with Crippen LogP contribution < -0.4 is 10.2 Å². The Labute approximate surface area is 181 Å². The van der Waals surface area contributed by atoms with Gasteiger partial charge in [0, 0.05) is 0 Å². The summed E-state index contributed by atoms with van der Waals surface area (Å²) < 4.78 is 1.22. The normalized spacial score (nSPS) is 20.0. The summed E-state index contributed by atoms with van der Waals surface area (Å²) in [6.45, 7) is 3.85. The predicted octanol–water partition coefficient (Wildman–Crippen LogP) is 2.38. The minimum atomic E-state index is -0.468. The molecule has 3 atom stereocenters. The minimum Gasteiger partial charge on any atom is -0.341 e. The maximum atomic E-state index is 12.7. The quantitative estimate of drug-likeness (QED) is 0.615. The lowest BCUT2D eigenvalue weighted by Crippen LogP contribution is -3.14. The number of aromatic nitrogens is 1. The van der Waals surface area contributed by atoms with Gasteiger partial charge in [0.1, 0.15) is 5.01 Å². The summed E-state index contributed by atoms with van der Waals surface area (Å²) in [4.78, 5) is 30.9. The molecule has 2 N–H and O–H groups in total. The number of piperidine rings is 1. The minimum absolute atomic E-state index is 0.00630. The van der Waals surface area contributed by atoms with Crippen molar-refractivity contribution >= 4 is 33.2 Å². The number of thiazole rings is 1. The van der Waals surface area contributed by atoms with Gasteiger partial charge in [0.05, 0.1) is 35.3 Å². The third-order valence-electron chi connectivity index (χ3n) is 5.80. The number of ketones is 1. The van der Waals surface area contributed by atoms with E-state index in [1.165, 1.54) is 14.6 Å². The van der Waals surface area contributed by atoms with Crippen molar-refractivity contribution in [1.82, 2.24) is 10.3 Å². The maximum absolute atomic E-state index is 12.7. The Morgan fingerprint density at radius 1 is 1.17 bits per heavy atom. The molecule has 0 bridgehead atoms. The number of amides is 1. The van der Waals surface area contributed by atoms with Crippen LogP contribution in [0.1, 0.15) is 36.3 Å². The molecule has 1 aromatic heterocycles. The summed E-state index contributed by atoms with van der Waals surface area (Å²) in [7, 11) is 0. The highest BCUT2D eigenvalue weighted by atomic mass is 32.1. The number of para-hydroxylation sites is 1. The van der Waals surface area contributed by atoms with Crippen molar-refractivity contribution in [3.63, 3.8) is 0 Å². The van der Waals surface area contributed by atoms with Crippen LogP contribution in [0, 0.1) is 0 Å². The van der Waals surface area contributed by atoms with Crippen molar-refractivity contribution in [2.75, 3.05) is 19.6 Å². The van der Waals surface area contributed by atoms with Gasteiger partial charge in [0.2, 0.25) is 0 Å². The molecular formula is C24H28N3O2S+. The number of carbonyl (C=O) groups excluding carboxylic acids is 2. The van der Waals surface area contributed by atoms with Crippen molar-refractivity contribution in [3.05, 3.63) is 65.2 Å². The van der Waals surface area contributed by atoms with E-state index in [9.17, 15) is 9.59 Å². The van der Waals surface area contributed by atoms with E-state index in [0.717, 1.165) is 37.0 Å². The number of fused-ring (bicyclic) bond motifs is 1. The zero-order valence-corrected chi connectivity index (χ0v) is 18.1. The maximum Gasteiger partial charge on any atom is 0.275 e. The average Bonchev–Trinajstić information content (AvgIpc) is 3.18. The Hall–Kier alpha value is -2.57. The molecule has 2 heterocycles. The Morgan fingerprint density at radius 3 is 2.70 bits per heavy atom. The van der Waals surface area contributed by atoms with Gasteiger partial charge < -0.3 is 10.2 Å². The zero-order valence-electron chi connectivity index (χ0n) is 17.3. The number of nitrogens with one attached hydrogen (secondary N) is 2. The van der Waals surface area contributed by atoms with Crippen molar-refractivity contribution in [3.8, 4) is 0 Å². The molecule has 0 spiro atoms. The molecule has 1 aliphatic heterocycles. The molecule has 1 amide bonds. The molecule has 4 rings (SSSR count). The number of likely N-dealkylation sites (tertiary alicyclic amines) is 1. The highest BCUT2D eigenvalue weighted by Gasteiger charge is 2.29. The molecule has 3 aromatic rings. The van der Waals surface area contributed by atoms with Gasteiger partial charge in [-0.05, 0) is 43.9 Å². The summed E-state index contributed by atoms with van der Waals surface area (Å²) in [5, 5.41) is 4.15. The first kappa shape index (κ1) is 20.7. The van der Waals surface area contributed by atoms with Gasteiger partial charge in [0.15, 0.2) is 12.3 Å². The van der Waals surface area contributed by atoms with Crippen LogP contribution in [0.15, 0.2) is 54.6 Å².